The number of hydrogen-bond donors (Lipinski definition) is 0. The van der Waals surface area contributed by atoms with Gasteiger partial charge in [-0.1, -0.05) is 17.8 Å². The van der Waals surface area contributed by atoms with Crippen LogP contribution in [-0.4, -0.2) is 43.3 Å². The van der Waals surface area contributed by atoms with Crippen molar-refractivity contribution in [1.29, 1.82) is 0 Å². The average molecular weight is 503 g/mol. The fourth-order valence-corrected chi connectivity index (χ4v) is 4.67. The number of anilines is 2. The molecule has 0 radical (unpaired) electrons. The van der Waals surface area contributed by atoms with Gasteiger partial charge in [-0.2, -0.15) is 0 Å². The Morgan fingerprint density at radius 1 is 1.11 bits per heavy atom. The molecule has 10 heteroatoms. The van der Waals surface area contributed by atoms with Gasteiger partial charge in [0.25, 0.3) is 0 Å². The van der Waals surface area contributed by atoms with Gasteiger partial charge in [0, 0.05) is 24.4 Å². The number of fused-ring (bicyclic) bond motifs is 3. The maximum atomic E-state index is 5.43. The normalized spacial score (nSPS) is 12.9. The molecule has 0 saturated heterocycles. The van der Waals surface area contributed by atoms with Crippen molar-refractivity contribution in [3.63, 3.8) is 0 Å². The molecular formula is C18H14IN7OS. The third-order valence-electron chi connectivity index (χ3n) is 4.39. The second kappa shape index (κ2) is 7.26. The maximum Gasteiger partial charge on any atom is 0.168 e. The summed E-state index contributed by atoms with van der Waals surface area (Å²) < 4.78 is 8.31. The SMILES string of the molecule is COCN1c2cc(Cn3cnc4c(I)ncnc43)ccc2Sc2nccnc21. The van der Waals surface area contributed by atoms with E-state index in [2.05, 4.69) is 70.6 Å². The van der Waals surface area contributed by atoms with Gasteiger partial charge in [0.05, 0.1) is 18.6 Å². The lowest BCUT2D eigenvalue weighted by Crippen LogP contribution is -2.24. The van der Waals surface area contributed by atoms with Crippen LogP contribution in [0, 0.1) is 3.70 Å². The minimum absolute atomic E-state index is 0.405. The third-order valence-corrected chi connectivity index (χ3v) is 6.23. The van der Waals surface area contributed by atoms with Gasteiger partial charge in [-0.3, -0.25) is 4.90 Å². The smallest absolute Gasteiger partial charge is 0.168 e. The van der Waals surface area contributed by atoms with Gasteiger partial charge in [0.2, 0.25) is 0 Å². The van der Waals surface area contributed by atoms with Crippen LogP contribution in [0.5, 0.6) is 0 Å². The molecule has 0 spiro atoms. The van der Waals surface area contributed by atoms with Crippen LogP contribution in [0.25, 0.3) is 11.2 Å². The van der Waals surface area contributed by atoms with Crippen molar-refractivity contribution in [1.82, 2.24) is 29.5 Å². The molecule has 28 heavy (non-hydrogen) atoms. The van der Waals surface area contributed by atoms with E-state index in [0.29, 0.717) is 13.3 Å². The lowest BCUT2D eigenvalue weighted by molar-refractivity contribution is 0.204. The summed E-state index contributed by atoms with van der Waals surface area (Å²) in [5.74, 6) is 0.814. The second-order valence-corrected chi connectivity index (χ2v) is 8.20. The van der Waals surface area contributed by atoms with Gasteiger partial charge < -0.3 is 9.30 Å². The van der Waals surface area contributed by atoms with E-state index in [1.807, 2.05) is 10.9 Å². The summed E-state index contributed by atoms with van der Waals surface area (Å²) in [4.78, 5) is 25.2. The number of rotatable bonds is 4. The van der Waals surface area contributed by atoms with Crippen molar-refractivity contribution in [2.45, 2.75) is 16.5 Å². The quantitative estimate of drug-likeness (QED) is 0.310. The number of halogens is 1. The van der Waals surface area contributed by atoms with E-state index in [0.717, 1.165) is 41.9 Å². The first kappa shape index (κ1) is 17.8. The Bertz CT molecular complexity index is 1180. The number of benzene rings is 1. The molecule has 0 bridgehead atoms. The van der Waals surface area contributed by atoms with Crippen molar-refractivity contribution < 1.29 is 4.74 Å². The maximum absolute atomic E-state index is 5.43. The monoisotopic (exact) mass is 503 g/mol. The number of ether oxygens (including phenoxy) is 1. The zero-order chi connectivity index (χ0) is 19.1. The molecule has 1 aliphatic rings. The Hall–Kier alpha value is -2.31. The Labute approximate surface area is 178 Å². The first-order valence-electron chi connectivity index (χ1n) is 8.44. The fourth-order valence-electron chi connectivity index (χ4n) is 3.18. The van der Waals surface area contributed by atoms with Gasteiger partial charge in [-0.05, 0) is 40.3 Å². The summed E-state index contributed by atoms with van der Waals surface area (Å²) in [7, 11) is 1.68. The lowest BCUT2D eigenvalue weighted by atomic mass is 10.2. The molecule has 4 heterocycles. The van der Waals surface area contributed by atoms with Crippen LogP contribution in [0.15, 0.2) is 53.2 Å². The van der Waals surface area contributed by atoms with E-state index >= 15 is 0 Å². The number of imidazole rings is 1. The molecule has 0 unspecified atom stereocenters. The molecule has 0 N–H and O–H groups in total. The summed E-state index contributed by atoms with van der Waals surface area (Å²) >= 11 is 3.80. The molecule has 8 nitrogen and oxygen atoms in total. The van der Waals surface area contributed by atoms with Crippen LogP contribution >= 0.6 is 34.4 Å². The van der Waals surface area contributed by atoms with Crippen molar-refractivity contribution in [2.75, 3.05) is 18.7 Å². The summed E-state index contributed by atoms with van der Waals surface area (Å²) in [5, 5.41) is 0.881. The Morgan fingerprint density at radius 2 is 2.00 bits per heavy atom. The molecule has 0 aliphatic carbocycles. The van der Waals surface area contributed by atoms with Gasteiger partial charge in [0.1, 0.15) is 27.3 Å². The lowest BCUT2D eigenvalue weighted by Gasteiger charge is -2.30. The predicted octanol–water partition coefficient (Wildman–Crippen LogP) is 3.48. The van der Waals surface area contributed by atoms with Crippen LogP contribution in [0.4, 0.5) is 11.5 Å². The topological polar surface area (TPSA) is 81.9 Å². The van der Waals surface area contributed by atoms with E-state index in [1.54, 1.807) is 37.6 Å². The zero-order valence-corrected chi connectivity index (χ0v) is 17.8. The number of nitrogens with zero attached hydrogens (tertiary/aromatic N) is 7. The van der Waals surface area contributed by atoms with Gasteiger partial charge in [0.15, 0.2) is 11.5 Å². The number of hydrogen-bond acceptors (Lipinski definition) is 8. The molecule has 3 aromatic heterocycles. The summed E-state index contributed by atoms with van der Waals surface area (Å²) in [6, 6.07) is 6.40. The average Bonchev–Trinajstić information content (AvgIpc) is 3.12. The Kier molecular flexibility index (Phi) is 4.61. The highest BCUT2D eigenvalue weighted by atomic mass is 127. The predicted molar refractivity (Wildman–Crippen MR) is 114 cm³/mol. The Balaban J connectivity index is 1.54. The van der Waals surface area contributed by atoms with Crippen molar-refractivity contribution >= 4 is 57.0 Å². The van der Waals surface area contributed by atoms with E-state index in [1.165, 1.54) is 0 Å². The minimum atomic E-state index is 0.405. The molecule has 0 saturated carbocycles. The minimum Gasteiger partial charge on any atom is -0.364 e. The van der Waals surface area contributed by atoms with Crippen molar-refractivity contribution in [3.8, 4) is 0 Å². The molecular weight excluding hydrogens is 489 g/mol. The number of methoxy groups -OCH3 is 1. The van der Waals surface area contributed by atoms with Crippen molar-refractivity contribution in [3.05, 3.63) is 52.5 Å². The van der Waals surface area contributed by atoms with Crippen LogP contribution in [0.3, 0.4) is 0 Å². The molecule has 1 aromatic carbocycles. The molecule has 140 valence electrons. The largest absolute Gasteiger partial charge is 0.364 e. The van der Waals surface area contributed by atoms with Gasteiger partial charge in [-0.25, -0.2) is 24.9 Å². The third kappa shape index (κ3) is 3.01. The standard InChI is InChI=1S/C18H14IN7OS/c1-27-10-26-12-6-11(2-3-13(12)28-18-17(26)20-4-5-21-18)7-25-9-24-14-15(19)22-8-23-16(14)25/h2-6,8-9H,7,10H2,1H3. The second-order valence-electron chi connectivity index (χ2n) is 6.14. The highest BCUT2D eigenvalue weighted by Gasteiger charge is 2.25. The summed E-state index contributed by atoms with van der Waals surface area (Å²) in [5.41, 5.74) is 3.85. The fraction of sp³-hybridized carbons (Fsp3) is 0.167. The molecule has 4 aromatic rings. The van der Waals surface area contributed by atoms with E-state index in [9.17, 15) is 0 Å². The summed E-state index contributed by atoms with van der Waals surface area (Å²) in [6.07, 6.45) is 6.80. The highest BCUT2D eigenvalue weighted by molar-refractivity contribution is 14.1. The molecule has 0 amide bonds. The van der Waals surface area contributed by atoms with Crippen LogP contribution < -0.4 is 4.90 Å². The highest BCUT2D eigenvalue weighted by Crippen LogP contribution is 2.46. The first-order valence-corrected chi connectivity index (χ1v) is 10.3. The molecule has 0 atom stereocenters. The van der Waals surface area contributed by atoms with E-state index in [4.69, 9.17) is 4.74 Å². The molecule has 5 rings (SSSR count). The van der Waals surface area contributed by atoms with Crippen LogP contribution in [-0.2, 0) is 11.3 Å². The number of aromatic nitrogens is 6. The van der Waals surface area contributed by atoms with Gasteiger partial charge in [-0.15, -0.1) is 0 Å². The van der Waals surface area contributed by atoms with Crippen LogP contribution in [0.2, 0.25) is 0 Å². The van der Waals surface area contributed by atoms with Crippen LogP contribution in [0.1, 0.15) is 5.56 Å². The molecule has 1 aliphatic heterocycles. The van der Waals surface area contributed by atoms with E-state index in [-0.39, 0.29) is 0 Å². The van der Waals surface area contributed by atoms with Gasteiger partial charge >= 0.3 is 0 Å². The van der Waals surface area contributed by atoms with Crippen molar-refractivity contribution in [2.24, 2.45) is 0 Å². The Morgan fingerprint density at radius 3 is 2.89 bits per heavy atom. The van der Waals surface area contributed by atoms with E-state index < -0.39 is 0 Å². The zero-order valence-electron chi connectivity index (χ0n) is 14.8. The first-order chi connectivity index (χ1) is 13.7. The molecule has 0 fully saturated rings. The summed E-state index contributed by atoms with van der Waals surface area (Å²) in [6.45, 7) is 1.07.